The van der Waals surface area contributed by atoms with E-state index in [1.807, 2.05) is 60.7 Å². The van der Waals surface area contributed by atoms with E-state index in [0.29, 0.717) is 21.9 Å². The van der Waals surface area contributed by atoms with Crippen molar-refractivity contribution in [1.82, 2.24) is 0 Å². The molecule has 4 nitrogen and oxygen atoms in total. The summed E-state index contributed by atoms with van der Waals surface area (Å²) < 4.78 is 11.5. The van der Waals surface area contributed by atoms with Crippen molar-refractivity contribution < 1.29 is 19.1 Å². The highest BCUT2D eigenvalue weighted by Gasteiger charge is 2.34. The zero-order chi connectivity index (χ0) is 20.1. The molecule has 0 radical (unpaired) electrons. The minimum absolute atomic E-state index is 0.481. The van der Waals surface area contributed by atoms with Gasteiger partial charge in [0.1, 0.15) is 23.0 Å². The standard InChI is InChI=1S/C24H20O4Si/c25-29(26,23-15-11-21(12-16-23)27-19-7-3-1-4-8-19)24-17-13-22(14-18-24)28-20-9-5-2-6-10-20/h1-18,25-26H. The second-order valence-corrected chi connectivity index (χ2v) is 9.05. The van der Waals surface area contributed by atoms with Crippen LogP contribution in [0.3, 0.4) is 0 Å². The van der Waals surface area contributed by atoms with Crippen LogP contribution in [0.2, 0.25) is 0 Å². The van der Waals surface area contributed by atoms with Crippen molar-refractivity contribution >= 4 is 18.9 Å². The molecule has 2 N–H and O–H groups in total. The van der Waals surface area contributed by atoms with Crippen molar-refractivity contribution in [2.24, 2.45) is 0 Å². The predicted molar refractivity (Wildman–Crippen MR) is 115 cm³/mol. The van der Waals surface area contributed by atoms with Crippen LogP contribution in [0.25, 0.3) is 0 Å². The highest BCUT2D eigenvalue weighted by molar-refractivity contribution is 6.90. The van der Waals surface area contributed by atoms with Crippen molar-refractivity contribution in [3.8, 4) is 23.0 Å². The fraction of sp³-hybridized carbons (Fsp3) is 0. The van der Waals surface area contributed by atoms with Crippen LogP contribution in [0, 0.1) is 0 Å². The van der Waals surface area contributed by atoms with Gasteiger partial charge in [-0.1, -0.05) is 60.7 Å². The minimum Gasteiger partial charge on any atom is -0.457 e. The van der Waals surface area contributed by atoms with Gasteiger partial charge in [-0.25, -0.2) is 0 Å². The SMILES string of the molecule is O[Si](O)(c1ccc(Oc2ccccc2)cc1)c1ccc(Oc2ccccc2)cc1. The van der Waals surface area contributed by atoms with E-state index >= 15 is 0 Å². The summed E-state index contributed by atoms with van der Waals surface area (Å²) in [6.07, 6.45) is 0. The molecular formula is C24H20O4Si. The first kappa shape index (κ1) is 19.0. The van der Waals surface area contributed by atoms with Crippen LogP contribution < -0.4 is 19.8 Å². The number of rotatable bonds is 6. The Hall–Kier alpha value is -3.38. The van der Waals surface area contributed by atoms with E-state index < -0.39 is 8.56 Å². The first-order chi connectivity index (χ1) is 14.1. The minimum atomic E-state index is -3.80. The molecule has 0 aromatic heterocycles. The molecule has 144 valence electrons. The predicted octanol–water partition coefficient (Wildman–Crippen LogP) is 3.81. The molecule has 0 unspecified atom stereocenters. The third kappa shape index (κ3) is 4.55. The molecule has 0 aliphatic carbocycles. The van der Waals surface area contributed by atoms with Crippen LogP contribution in [-0.4, -0.2) is 18.2 Å². The molecule has 4 aromatic rings. The lowest BCUT2D eigenvalue weighted by molar-refractivity contribution is 0.401. The Kier molecular flexibility index (Phi) is 5.44. The molecule has 0 aliphatic rings. The van der Waals surface area contributed by atoms with E-state index in [9.17, 15) is 9.59 Å². The first-order valence-electron chi connectivity index (χ1n) is 9.23. The molecule has 4 aromatic carbocycles. The lowest BCUT2D eigenvalue weighted by Gasteiger charge is -2.19. The summed E-state index contributed by atoms with van der Waals surface area (Å²) in [6.45, 7) is 0. The van der Waals surface area contributed by atoms with Gasteiger partial charge in [0.25, 0.3) is 0 Å². The van der Waals surface area contributed by atoms with Gasteiger partial charge in [-0.15, -0.1) is 0 Å². The van der Waals surface area contributed by atoms with Crippen molar-refractivity contribution in [2.45, 2.75) is 0 Å². The van der Waals surface area contributed by atoms with Gasteiger partial charge >= 0.3 is 8.56 Å². The van der Waals surface area contributed by atoms with Gasteiger partial charge in [-0.3, -0.25) is 0 Å². The zero-order valence-corrected chi connectivity index (χ0v) is 16.6. The average Bonchev–Trinajstić information content (AvgIpc) is 2.76. The molecule has 4 rings (SSSR count). The molecule has 0 bridgehead atoms. The van der Waals surface area contributed by atoms with E-state index in [2.05, 4.69) is 0 Å². The van der Waals surface area contributed by atoms with Crippen LogP contribution in [0.5, 0.6) is 23.0 Å². The van der Waals surface area contributed by atoms with E-state index in [1.54, 1.807) is 48.5 Å². The second kappa shape index (κ2) is 8.32. The smallest absolute Gasteiger partial charge is 0.401 e. The fourth-order valence-electron chi connectivity index (χ4n) is 2.93. The van der Waals surface area contributed by atoms with E-state index in [1.165, 1.54) is 0 Å². The third-order valence-corrected chi connectivity index (χ3v) is 6.75. The van der Waals surface area contributed by atoms with Gasteiger partial charge in [-0.2, -0.15) is 0 Å². The van der Waals surface area contributed by atoms with Crippen LogP contribution in [0.1, 0.15) is 0 Å². The van der Waals surface area contributed by atoms with Gasteiger partial charge in [0.05, 0.1) is 0 Å². The number of para-hydroxylation sites is 2. The number of benzene rings is 4. The van der Waals surface area contributed by atoms with Gasteiger partial charge in [0.2, 0.25) is 0 Å². The Balaban J connectivity index is 1.48. The third-order valence-electron chi connectivity index (χ3n) is 4.47. The lowest BCUT2D eigenvalue weighted by atomic mass is 10.3. The van der Waals surface area contributed by atoms with Crippen LogP contribution in [0.4, 0.5) is 0 Å². The van der Waals surface area contributed by atoms with Gasteiger partial charge < -0.3 is 19.1 Å². The largest absolute Gasteiger partial charge is 0.457 e. The summed E-state index contributed by atoms with van der Waals surface area (Å²) in [5.41, 5.74) is 0. The van der Waals surface area contributed by atoms with Gasteiger partial charge in [0, 0.05) is 0 Å². The Bertz CT molecular complexity index is 961. The normalized spacial score (nSPS) is 11.1. The molecule has 0 atom stereocenters. The monoisotopic (exact) mass is 400 g/mol. The molecule has 0 fully saturated rings. The Morgan fingerprint density at radius 3 is 1.07 bits per heavy atom. The lowest BCUT2D eigenvalue weighted by Crippen LogP contribution is -2.59. The van der Waals surface area contributed by atoms with Crippen LogP contribution in [-0.2, 0) is 0 Å². The Morgan fingerprint density at radius 2 is 0.724 bits per heavy atom. The first-order valence-corrected chi connectivity index (χ1v) is 11.1. The summed E-state index contributed by atoms with van der Waals surface area (Å²) in [4.78, 5) is 21.7. The van der Waals surface area contributed by atoms with E-state index in [0.717, 1.165) is 11.5 Å². The molecule has 0 saturated carbocycles. The maximum Gasteiger partial charge on any atom is 0.401 e. The molecule has 5 heteroatoms. The fourth-order valence-corrected chi connectivity index (χ4v) is 4.52. The zero-order valence-electron chi connectivity index (χ0n) is 15.6. The number of ether oxygens (including phenoxy) is 2. The number of hydrogen-bond donors (Lipinski definition) is 2. The highest BCUT2D eigenvalue weighted by Crippen LogP contribution is 2.21. The molecule has 0 aliphatic heterocycles. The van der Waals surface area contributed by atoms with Gasteiger partial charge in [0.15, 0.2) is 0 Å². The van der Waals surface area contributed by atoms with E-state index in [-0.39, 0.29) is 0 Å². The maximum absolute atomic E-state index is 10.8. The Morgan fingerprint density at radius 1 is 0.414 bits per heavy atom. The van der Waals surface area contributed by atoms with Crippen molar-refractivity contribution in [1.29, 1.82) is 0 Å². The van der Waals surface area contributed by atoms with Crippen LogP contribution >= 0.6 is 0 Å². The van der Waals surface area contributed by atoms with Crippen molar-refractivity contribution in [3.05, 3.63) is 109 Å². The Labute approximate surface area is 170 Å². The van der Waals surface area contributed by atoms with E-state index in [4.69, 9.17) is 9.47 Å². The summed E-state index contributed by atoms with van der Waals surface area (Å²) in [7, 11) is -3.80. The molecule has 0 amide bonds. The van der Waals surface area contributed by atoms with Crippen molar-refractivity contribution in [3.63, 3.8) is 0 Å². The highest BCUT2D eigenvalue weighted by atomic mass is 28.4. The summed E-state index contributed by atoms with van der Waals surface area (Å²) >= 11 is 0. The molecule has 0 saturated heterocycles. The number of hydrogen-bond acceptors (Lipinski definition) is 4. The molecule has 29 heavy (non-hydrogen) atoms. The van der Waals surface area contributed by atoms with Crippen LogP contribution in [0.15, 0.2) is 109 Å². The van der Waals surface area contributed by atoms with Crippen molar-refractivity contribution in [2.75, 3.05) is 0 Å². The van der Waals surface area contributed by atoms with Gasteiger partial charge in [-0.05, 0) is 58.9 Å². The summed E-state index contributed by atoms with van der Waals surface area (Å²) in [5.74, 6) is 2.73. The molecule has 0 heterocycles. The molecule has 0 spiro atoms. The molecular weight excluding hydrogens is 380 g/mol. The summed E-state index contributed by atoms with van der Waals surface area (Å²) in [6, 6.07) is 32.6. The maximum atomic E-state index is 10.8. The second-order valence-electron chi connectivity index (χ2n) is 6.55. The summed E-state index contributed by atoms with van der Waals surface area (Å²) in [5, 5.41) is 0.962. The topological polar surface area (TPSA) is 58.9 Å². The average molecular weight is 401 g/mol. The quantitative estimate of drug-likeness (QED) is 0.483.